The summed E-state index contributed by atoms with van der Waals surface area (Å²) in [5.74, 6) is 1.28. The minimum Gasteiger partial charge on any atom is -0.492 e. The van der Waals surface area contributed by atoms with Crippen LogP contribution < -0.4 is 15.8 Å². The maximum Gasteiger partial charge on any atom is 0.223 e. The number of aromatic nitrogens is 3. The Morgan fingerprint density at radius 3 is 2.94 bits per heavy atom. The van der Waals surface area contributed by atoms with Gasteiger partial charge in [-0.15, -0.1) is 0 Å². The Bertz CT molecular complexity index is 1300. The zero-order valence-electron chi connectivity index (χ0n) is 19.8. The van der Waals surface area contributed by atoms with Crippen molar-refractivity contribution in [2.75, 3.05) is 44.8 Å². The molecule has 36 heavy (non-hydrogen) atoms. The number of imidazole rings is 1. The van der Waals surface area contributed by atoms with E-state index < -0.39 is 0 Å². The third-order valence-corrected chi connectivity index (χ3v) is 7.74. The Kier molecular flexibility index (Phi) is 6.29. The van der Waals surface area contributed by atoms with Crippen molar-refractivity contribution in [1.82, 2.24) is 19.9 Å². The summed E-state index contributed by atoms with van der Waals surface area (Å²) >= 11 is 6.57. The topological polar surface area (TPSA) is 118 Å². The number of nitrogens with one attached hydrogen (secondary N) is 2. The molecule has 0 spiro atoms. The number of halogens is 1. The minimum absolute atomic E-state index is 0.121. The standard InChI is InChI=1S/C26H29ClN6O3/c27-19-14-29-26-23(22(19)30-21-16-5-4-15(12-16)20(21)24(28)34)31-25(32-26)17-2-1-3-18(13-17)36-11-8-33-6-9-35-10-7-33/h1-5,13-16,20-21H,6-12H2,(H2,28,34)(H2,29,30,31,32)/t15-,16+,20+,21-/m1/s1. The first-order chi connectivity index (χ1) is 17.6. The molecule has 4 N–H and O–H groups in total. The SMILES string of the molecule is NC(=O)[C@@H]1[C@H](Nc2c(Cl)cnc3[nH]c(-c4cccc(OCCN5CCOCC5)c4)nc23)[C@H]2C=C[C@@H]1C2. The van der Waals surface area contributed by atoms with Gasteiger partial charge in [0.15, 0.2) is 5.65 Å². The molecule has 3 aromatic rings. The summed E-state index contributed by atoms with van der Waals surface area (Å²) in [5.41, 5.74) is 8.55. The van der Waals surface area contributed by atoms with Crippen molar-refractivity contribution < 1.29 is 14.3 Å². The first kappa shape index (κ1) is 23.3. The van der Waals surface area contributed by atoms with E-state index >= 15 is 0 Å². The van der Waals surface area contributed by atoms with E-state index in [9.17, 15) is 4.79 Å². The number of nitrogens with zero attached hydrogens (tertiary/aromatic N) is 3. The van der Waals surface area contributed by atoms with Crippen molar-refractivity contribution in [1.29, 1.82) is 0 Å². The second-order valence-electron chi connectivity index (χ2n) is 9.64. The van der Waals surface area contributed by atoms with Crippen LogP contribution in [0.1, 0.15) is 6.42 Å². The van der Waals surface area contributed by atoms with Gasteiger partial charge in [-0.2, -0.15) is 0 Å². The number of carbonyl (C=O) groups is 1. The minimum atomic E-state index is -0.293. The van der Waals surface area contributed by atoms with Crippen LogP contribution in [-0.4, -0.2) is 71.3 Å². The summed E-state index contributed by atoms with van der Waals surface area (Å²) in [6.45, 7) is 4.89. The molecule has 0 unspecified atom stereocenters. The maximum absolute atomic E-state index is 12.2. The Balaban J connectivity index is 1.22. The molecule has 3 heterocycles. The molecule has 188 valence electrons. The van der Waals surface area contributed by atoms with E-state index in [1.54, 1.807) is 6.20 Å². The van der Waals surface area contributed by atoms with Crippen LogP contribution in [0.25, 0.3) is 22.6 Å². The lowest BCUT2D eigenvalue weighted by Gasteiger charge is -2.27. The van der Waals surface area contributed by atoms with Crippen molar-refractivity contribution in [2.45, 2.75) is 12.5 Å². The van der Waals surface area contributed by atoms with Crippen molar-refractivity contribution >= 4 is 34.4 Å². The number of fused-ring (bicyclic) bond motifs is 3. The number of rotatable bonds is 8. The summed E-state index contributed by atoms with van der Waals surface area (Å²) < 4.78 is 11.4. The third kappa shape index (κ3) is 4.42. The van der Waals surface area contributed by atoms with Crippen molar-refractivity contribution in [3.63, 3.8) is 0 Å². The number of anilines is 1. The lowest BCUT2D eigenvalue weighted by Crippen LogP contribution is -2.41. The van der Waals surface area contributed by atoms with Crippen molar-refractivity contribution in [3.8, 4) is 17.1 Å². The number of aromatic amines is 1. The highest BCUT2D eigenvalue weighted by atomic mass is 35.5. The summed E-state index contributed by atoms with van der Waals surface area (Å²) in [6, 6.07) is 7.72. The van der Waals surface area contributed by atoms with Gasteiger partial charge in [-0.1, -0.05) is 35.9 Å². The number of carbonyl (C=O) groups excluding carboxylic acids is 1. The summed E-state index contributed by atoms with van der Waals surface area (Å²) in [7, 11) is 0. The zero-order chi connectivity index (χ0) is 24.6. The van der Waals surface area contributed by atoms with E-state index in [1.165, 1.54) is 0 Å². The van der Waals surface area contributed by atoms with Crippen LogP contribution in [0.2, 0.25) is 5.02 Å². The highest BCUT2D eigenvalue weighted by Crippen LogP contribution is 2.46. The van der Waals surface area contributed by atoms with Crippen LogP contribution >= 0.6 is 11.6 Å². The molecule has 3 aliphatic rings. The number of H-pyrrole nitrogens is 1. The van der Waals surface area contributed by atoms with E-state index in [0.717, 1.165) is 50.6 Å². The summed E-state index contributed by atoms with van der Waals surface area (Å²) in [4.78, 5) is 27.1. The normalized spacial score (nSPS) is 25.5. The monoisotopic (exact) mass is 508 g/mol. The highest BCUT2D eigenvalue weighted by molar-refractivity contribution is 6.34. The average Bonchev–Trinajstić information content (AvgIpc) is 3.61. The average molecular weight is 509 g/mol. The van der Waals surface area contributed by atoms with Crippen LogP contribution in [0.4, 0.5) is 5.69 Å². The molecular formula is C26H29ClN6O3. The van der Waals surface area contributed by atoms with Crippen LogP contribution in [0.5, 0.6) is 5.75 Å². The Labute approximate surface area is 214 Å². The lowest BCUT2D eigenvalue weighted by atomic mass is 9.88. The van der Waals surface area contributed by atoms with Gasteiger partial charge >= 0.3 is 0 Å². The zero-order valence-corrected chi connectivity index (χ0v) is 20.6. The van der Waals surface area contributed by atoms with Crippen LogP contribution in [-0.2, 0) is 9.53 Å². The first-order valence-electron chi connectivity index (χ1n) is 12.4. The van der Waals surface area contributed by atoms with Gasteiger partial charge in [-0.3, -0.25) is 9.69 Å². The summed E-state index contributed by atoms with van der Waals surface area (Å²) in [5, 5.41) is 3.96. The fourth-order valence-corrected chi connectivity index (χ4v) is 5.82. The van der Waals surface area contributed by atoms with E-state index in [0.29, 0.717) is 34.3 Å². The number of primary amides is 1. The number of nitrogens with two attached hydrogens (primary N) is 1. The number of ether oxygens (including phenoxy) is 2. The molecule has 0 radical (unpaired) electrons. The second kappa shape index (κ2) is 9.72. The number of pyridine rings is 1. The summed E-state index contributed by atoms with van der Waals surface area (Å²) in [6.07, 6.45) is 6.78. The van der Waals surface area contributed by atoms with Gasteiger partial charge in [0.1, 0.15) is 23.7 Å². The third-order valence-electron chi connectivity index (χ3n) is 7.45. The van der Waals surface area contributed by atoms with Crippen LogP contribution in [0.3, 0.4) is 0 Å². The van der Waals surface area contributed by atoms with Crippen molar-refractivity contribution in [2.24, 2.45) is 23.5 Å². The molecule has 1 saturated heterocycles. The quantitative estimate of drug-likeness (QED) is 0.400. The molecule has 9 nitrogen and oxygen atoms in total. The van der Waals surface area contributed by atoms with Gasteiger partial charge < -0.3 is 25.5 Å². The van der Waals surface area contributed by atoms with Gasteiger partial charge in [0, 0.05) is 31.2 Å². The van der Waals surface area contributed by atoms with Gasteiger partial charge in [-0.05, 0) is 30.4 Å². The fraction of sp³-hybridized carbons (Fsp3) is 0.423. The molecule has 1 aromatic carbocycles. The van der Waals surface area contributed by atoms with E-state index in [4.69, 9.17) is 31.8 Å². The number of hydrogen-bond acceptors (Lipinski definition) is 7. The first-order valence-corrected chi connectivity index (χ1v) is 12.8. The van der Waals surface area contributed by atoms with E-state index in [2.05, 4.69) is 32.3 Å². The number of allylic oxidation sites excluding steroid dienone is 1. The molecule has 1 saturated carbocycles. The molecular weight excluding hydrogens is 480 g/mol. The van der Waals surface area contributed by atoms with Gasteiger partial charge in [-0.25, -0.2) is 9.97 Å². The fourth-order valence-electron chi connectivity index (χ4n) is 5.63. The smallest absolute Gasteiger partial charge is 0.223 e. The predicted molar refractivity (Wildman–Crippen MR) is 138 cm³/mol. The maximum atomic E-state index is 12.2. The molecule has 2 bridgehead atoms. The largest absolute Gasteiger partial charge is 0.492 e. The molecule has 6 rings (SSSR count). The molecule has 1 amide bonds. The van der Waals surface area contributed by atoms with Gasteiger partial charge in [0.2, 0.25) is 5.91 Å². The Hall–Kier alpha value is -3.14. The highest BCUT2D eigenvalue weighted by Gasteiger charge is 2.47. The second-order valence-corrected chi connectivity index (χ2v) is 10.0. The number of benzene rings is 1. The molecule has 10 heteroatoms. The lowest BCUT2D eigenvalue weighted by molar-refractivity contribution is -0.122. The van der Waals surface area contributed by atoms with Gasteiger partial charge in [0.05, 0.1) is 36.0 Å². The molecule has 1 aliphatic heterocycles. The Morgan fingerprint density at radius 2 is 2.11 bits per heavy atom. The molecule has 2 aliphatic carbocycles. The van der Waals surface area contributed by atoms with Crippen LogP contribution in [0, 0.1) is 17.8 Å². The number of amides is 1. The Morgan fingerprint density at radius 1 is 1.28 bits per heavy atom. The number of hydrogen-bond donors (Lipinski definition) is 3. The van der Waals surface area contributed by atoms with E-state index in [-0.39, 0.29) is 29.7 Å². The number of morpholine rings is 1. The molecule has 2 aromatic heterocycles. The predicted octanol–water partition coefficient (Wildman–Crippen LogP) is 3.08. The van der Waals surface area contributed by atoms with Gasteiger partial charge in [0.25, 0.3) is 0 Å². The van der Waals surface area contributed by atoms with Crippen LogP contribution in [0.15, 0.2) is 42.6 Å². The molecule has 4 atom stereocenters. The van der Waals surface area contributed by atoms with E-state index in [1.807, 2.05) is 24.3 Å². The molecule has 2 fully saturated rings. The van der Waals surface area contributed by atoms with Crippen molar-refractivity contribution in [3.05, 3.63) is 47.6 Å².